The topological polar surface area (TPSA) is 3.24 Å². The molecule has 0 fully saturated rings. The third-order valence-corrected chi connectivity index (χ3v) is 13.0. The van der Waals surface area contributed by atoms with Crippen molar-refractivity contribution in [2.75, 3.05) is 4.90 Å². The molecule has 0 spiro atoms. The molecule has 0 saturated carbocycles. The van der Waals surface area contributed by atoms with E-state index in [9.17, 15) is 0 Å². The predicted octanol–water partition coefficient (Wildman–Crippen LogP) is 15.1. The monoisotopic (exact) mass is 697 g/mol. The van der Waals surface area contributed by atoms with E-state index in [-0.39, 0.29) is 5.41 Å². The smallest absolute Gasteiger partial charge is 0.0540 e. The average molecular weight is 698 g/mol. The van der Waals surface area contributed by atoms with E-state index in [4.69, 9.17) is 0 Å². The number of anilines is 3. The second-order valence-electron chi connectivity index (χ2n) is 14.2. The number of hydrogen-bond acceptors (Lipinski definition) is 2. The Bertz CT molecular complexity index is 2820. The zero-order valence-corrected chi connectivity index (χ0v) is 30.8. The van der Waals surface area contributed by atoms with Crippen LogP contribution in [-0.2, 0) is 5.41 Å². The molecule has 1 aliphatic rings. The van der Waals surface area contributed by atoms with E-state index >= 15 is 0 Å². The van der Waals surface area contributed by atoms with Gasteiger partial charge in [0.15, 0.2) is 0 Å². The van der Waals surface area contributed by atoms with Gasteiger partial charge in [0, 0.05) is 47.6 Å². The number of hydrogen-bond donors (Lipinski definition) is 0. The summed E-state index contributed by atoms with van der Waals surface area (Å²) in [6.45, 7) is 4.72. The summed E-state index contributed by atoms with van der Waals surface area (Å²) in [4.78, 5) is 2.54. The Hall–Kier alpha value is -5.96. The number of fused-ring (bicyclic) bond motifs is 8. The van der Waals surface area contributed by atoms with Gasteiger partial charge in [-0.2, -0.15) is 0 Å². The molecule has 0 amide bonds. The molecule has 1 nitrogen and oxygen atoms in total. The largest absolute Gasteiger partial charge is 0.309 e. The Kier molecular flexibility index (Phi) is 7.56. The minimum atomic E-state index is -0.0327. The van der Waals surface area contributed by atoms with E-state index in [0.29, 0.717) is 0 Å². The highest BCUT2D eigenvalue weighted by Gasteiger charge is 2.40. The van der Waals surface area contributed by atoms with Crippen LogP contribution in [0.1, 0.15) is 37.8 Å². The fourth-order valence-corrected chi connectivity index (χ4v) is 10.4. The van der Waals surface area contributed by atoms with Gasteiger partial charge in [0.1, 0.15) is 0 Å². The minimum Gasteiger partial charge on any atom is -0.309 e. The maximum absolute atomic E-state index is 2.54. The molecule has 10 rings (SSSR count). The lowest BCUT2D eigenvalue weighted by Gasteiger charge is -2.33. The van der Waals surface area contributed by atoms with Gasteiger partial charge in [-0.05, 0) is 82.1 Å². The van der Waals surface area contributed by atoms with Crippen LogP contribution in [0, 0.1) is 0 Å². The van der Waals surface area contributed by atoms with Crippen LogP contribution in [0.3, 0.4) is 0 Å². The molecule has 0 saturated heterocycles. The molecule has 0 N–H and O–H groups in total. The van der Waals surface area contributed by atoms with Crippen molar-refractivity contribution in [3.8, 4) is 33.4 Å². The maximum atomic E-state index is 2.54. The van der Waals surface area contributed by atoms with E-state index in [1.165, 1.54) is 86.8 Å². The predicted molar refractivity (Wildman–Crippen MR) is 229 cm³/mol. The quantitative estimate of drug-likeness (QED) is 0.160. The molecule has 1 heterocycles. The maximum Gasteiger partial charge on any atom is 0.0540 e. The molecular formula is C51H39NS. The Morgan fingerprint density at radius 3 is 1.87 bits per heavy atom. The molecule has 1 aliphatic carbocycles. The van der Waals surface area contributed by atoms with Crippen LogP contribution in [0.15, 0.2) is 176 Å². The van der Waals surface area contributed by atoms with Gasteiger partial charge in [-0.25, -0.2) is 0 Å². The third-order valence-electron chi connectivity index (χ3n) is 11.8. The Morgan fingerprint density at radius 1 is 0.434 bits per heavy atom. The summed E-state index contributed by atoms with van der Waals surface area (Å²) in [7, 11) is 0. The number of rotatable bonds is 7. The van der Waals surface area contributed by atoms with Crippen LogP contribution < -0.4 is 4.90 Å². The molecule has 53 heavy (non-hydrogen) atoms. The second-order valence-corrected chi connectivity index (χ2v) is 15.3. The molecule has 254 valence electrons. The van der Waals surface area contributed by atoms with Gasteiger partial charge in [0.2, 0.25) is 0 Å². The highest BCUT2D eigenvalue weighted by Crippen LogP contribution is 2.55. The van der Waals surface area contributed by atoms with Crippen LogP contribution in [0.5, 0.6) is 0 Å². The van der Waals surface area contributed by atoms with Gasteiger partial charge in [0.25, 0.3) is 0 Å². The lowest BCUT2D eigenvalue weighted by Crippen LogP contribution is -2.23. The van der Waals surface area contributed by atoms with Crippen LogP contribution >= 0.6 is 11.3 Å². The lowest BCUT2D eigenvalue weighted by atomic mass is 9.74. The number of benzene rings is 8. The second kappa shape index (κ2) is 12.6. The van der Waals surface area contributed by atoms with Gasteiger partial charge < -0.3 is 4.90 Å². The summed E-state index contributed by atoms with van der Waals surface area (Å²) in [5.41, 5.74) is 14.0. The summed E-state index contributed by atoms with van der Waals surface area (Å²) in [5.74, 6) is 0. The van der Waals surface area contributed by atoms with Crippen molar-refractivity contribution in [3.63, 3.8) is 0 Å². The van der Waals surface area contributed by atoms with Crippen molar-refractivity contribution in [1.82, 2.24) is 0 Å². The molecule has 0 bridgehead atoms. The fourth-order valence-electron chi connectivity index (χ4n) is 9.20. The van der Waals surface area contributed by atoms with Gasteiger partial charge >= 0.3 is 0 Å². The van der Waals surface area contributed by atoms with Crippen LogP contribution in [0.4, 0.5) is 17.1 Å². The van der Waals surface area contributed by atoms with Crippen molar-refractivity contribution < 1.29 is 0 Å². The normalized spacial score (nSPS) is 13.0. The minimum absolute atomic E-state index is 0.0327. The van der Waals surface area contributed by atoms with E-state index in [0.717, 1.165) is 18.5 Å². The molecule has 0 radical (unpaired) electrons. The van der Waals surface area contributed by atoms with Crippen molar-refractivity contribution in [2.45, 2.75) is 32.1 Å². The van der Waals surface area contributed by atoms with Gasteiger partial charge in [-0.15, -0.1) is 11.3 Å². The zero-order chi connectivity index (χ0) is 35.5. The zero-order valence-electron chi connectivity index (χ0n) is 30.0. The summed E-state index contributed by atoms with van der Waals surface area (Å²) >= 11 is 1.90. The Labute approximate surface area is 315 Å². The molecular weight excluding hydrogens is 659 g/mol. The third kappa shape index (κ3) is 4.82. The SMILES string of the molecule is CCC1(CC)c2ccccc2-c2ccc(N(c3ccccc3-c3ccccc3-c3ccccc3)c3cccc4c3ccc3c5ccccc5sc43)cc21. The van der Waals surface area contributed by atoms with E-state index in [2.05, 4.69) is 195 Å². The standard InChI is InChI=1S/C51H39NS/c1-3-51(4-2)45-25-13-10-21-38(45)39-30-29-35(33-46(39)51)52(47-26-14-11-22-40(47)37-20-9-8-19-36(37)34-17-6-5-7-18-34)48-27-16-24-43-41(48)31-32-44-42-23-12-15-28-49(42)53-50(43)44/h5-33H,3-4H2,1-2H3. The van der Waals surface area contributed by atoms with Crippen molar-refractivity contribution in [1.29, 1.82) is 0 Å². The van der Waals surface area contributed by atoms with Crippen LogP contribution in [0.2, 0.25) is 0 Å². The van der Waals surface area contributed by atoms with Crippen molar-refractivity contribution in [2.24, 2.45) is 0 Å². The molecule has 2 heteroatoms. The average Bonchev–Trinajstić information content (AvgIpc) is 3.75. The highest BCUT2D eigenvalue weighted by molar-refractivity contribution is 7.26. The van der Waals surface area contributed by atoms with Crippen molar-refractivity contribution >= 4 is 59.3 Å². The molecule has 0 unspecified atom stereocenters. The van der Waals surface area contributed by atoms with Crippen LogP contribution in [-0.4, -0.2) is 0 Å². The first-order chi connectivity index (χ1) is 26.2. The first-order valence-corrected chi connectivity index (χ1v) is 19.6. The van der Waals surface area contributed by atoms with E-state index in [1.807, 2.05) is 11.3 Å². The fraction of sp³-hybridized carbons (Fsp3) is 0.0980. The Balaban J connectivity index is 1.26. The van der Waals surface area contributed by atoms with E-state index < -0.39 is 0 Å². The Morgan fingerprint density at radius 2 is 1.04 bits per heavy atom. The first-order valence-electron chi connectivity index (χ1n) is 18.8. The molecule has 9 aromatic rings. The van der Waals surface area contributed by atoms with Gasteiger partial charge in [-0.1, -0.05) is 159 Å². The lowest BCUT2D eigenvalue weighted by molar-refractivity contribution is 0.490. The van der Waals surface area contributed by atoms with Gasteiger partial charge in [0.05, 0.1) is 11.4 Å². The number of nitrogens with zero attached hydrogens (tertiary/aromatic N) is 1. The summed E-state index contributed by atoms with van der Waals surface area (Å²) < 4.78 is 2.67. The van der Waals surface area contributed by atoms with E-state index in [1.54, 1.807) is 0 Å². The molecule has 0 atom stereocenters. The summed E-state index contributed by atoms with van der Waals surface area (Å²) in [6.07, 6.45) is 2.10. The first kappa shape index (κ1) is 31.7. The van der Waals surface area contributed by atoms with Crippen molar-refractivity contribution in [3.05, 3.63) is 187 Å². The number of para-hydroxylation sites is 1. The summed E-state index contributed by atoms with van der Waals surface area (Å²) in [5, 5.41) is 5.19. The summed E-state index contributed by atoms with van der Waals surface area (Å²) in [6, 6.07) is 65.3. The van der Waals surface area contributed by atoms with Gasteiger partial charge in [-0.3, -0.25) is 0 Å². The molecule has 1 aromatic heterocycles. The highest BCUT2D eigenvalue weighted by atomic mass is 32.1. The molecule has 8 aromatic carbocycles. The molecule has 0 aliphatic heterocycles. The number of thiophene rings is 1. The van der Waals surface area contributed by atoms with Crippen LogP contribution in [0.25, 0.3) is 64.3 Å².